The number of rotatable bonds is 4. The summed E-state index contributed by atoms with van der Waals surface area (Å²) in [5.74, 6) is -2.46. The van der Waals surface area contributed by atoms with Gasteiger partial charge in [-0.3, -0.25) is 9.69 Å². The predicted octanol–water partition coefficient (Wildman–Crippen LogP) is 2.41. The SMILES string of the molecule is CC(C)[C@H](C(=O)O)N1C(=O)/C(=C\c2ccc(O)c(O)c2)SC1=S. The lowest BCUT2D eigenvalue weighted by atomic mass is 10.0. The van der Waals surface area contributed by atoms with E-state index in [2.05, 4.69) is 0 Å². The van der Waals surface area contributed by atoms with E-state index in [1.165, 1.54) is 24.3 Å². The van der Waals surface area contributed by atoms with E-state index in [-0.39, 0.29) is 26.6 Å². The number of thiocarbonyl (C=S) groups is 1. The first-order chi connectivity index (χ1) is 10.7. The molecule has 122 valence electrons. The highest BCUT2D eigenvalue weighted by atomic mass is 32.2. The molecule has 0 unspecified atom stereocenters. The van der Waals surface area contributed by atoms with E-state index in [1.54, 1.807) is 13.8 Å². The molecule has 1 fully saturated rings. The van der Waals surface area contributed by atoms with Crippen molar-refractivity contribution >= 4 is 46.3 Å². The van der Waals surface area contributed by atoms with Crippen molar-refractivity contribution in [3.05, 3.63) is 28.7 Å². The Labute approximate surface area is 142 Å². The lowest BCUT2D eigenvalue weighted by Crippen LogP contribution is -2.47. The van der Waals surface area contributed by atoms with Crippen molar-refractivity contribution in [1.82, 2.24) is 4.90 Å². The molecule has 1 saturated heterocycles. The number of hydrogen-bond donors (Lipinski definition) is 3. The molecule has 0 saturated carbocycles. The average molecular weight is 353 g/mol. The Balaban J connectivity index is 2.35. The Morgan fingerprint density at radius 2 is 1.96 bits per heavy atom. The second-order valence-corrected chi connectivity index (χ2v) is 7.00. The minimum Gasteiger partial charge on any atom is -0.504 e. The third kappa shape index (κ3) is 3.48. The number of aliphatic carboxylic acids is 1. The number of carboxylic acids is 1. The van der Waals surface area contributed by atoms with Crippen LogP contribution in [-0.4, -0.2) is 42.5 Å². The molecule has 0 aromatic heterocycles. The Morgan fingerprint density at radius 3 is 2.48 bits per heavy atom. The first kappa shape index (κ1) is 17.3. The lowest BCUT2D eigenvalue weighted by molar-refractivity contribution is -0.146. The minimum absolute atomic E-state index is 0.186. The Hall–Kier alpha value is -2.06. The van der Waals surface area contributed by atoms with Crippen molar-refractivity contribution in [2.45, 2.75) is 19.9 Å². The topological polar surface area (TPSA) is 98.1 Å². The third-order valence-electron chi connectivity index (χ3n) is 3.28. The number of nitrogens with zero attached hydrogens (tertiary/aromatic N) is 1. The molecule has 0 aliphatic carbocycles. The fourth-order valence-electron chi connectivity index (χ4n) is 2.19. The highest BCUT2D eigenvalue weighted by Crippen LogP contribution is 2.36. The summed E-state index contributed by atoms with van der Waals surface area (Å²) in [6.07, 6.45) is 1.50. The highest BCUT2D eigenvalue weighted by molar-refractivity contribution is 8.26. The molecule has 2 rings (SSSR count). The van der Waals surface area contributed by atoms with E-state index in [9.17, 15) is 24.9 Å². The second kappa shape index (κ2) is 6.59. The number of carboxylic acid groups (broad SMARTS) is 1. The van der Waals surface area contributed by atoms with Gasteiger partial charge in [0.05, 0.1) is 4.91 Å². The number of amides is 1. The van der Waals surface area contributed by atoms with Crippen LogP contribution < -0.4 is 0 Å². The van der Waals surface area contributed by atoms with E-state index >= 15 is 0 Å². The number of benzene rings is 1. The van der Waals surface area contributed by atoms with Crippen LogP contribution in [0.4, 0.5) is 0 Å². The highest BCUT2D eigenvalue weighted by Gasteiger charge is 2.41. The molecule has 0 radical (unpaired) electrons. The largest absolute Gasteiger partial charge is 0.504 e. The van der Waals surface area contributed by atoms with E-state index in [1.807, 2.05) is 0 Å². The number of carbonyl (C=O) groups excluding carboxylic acids is 1. The molecule has 1 aliphatic heterocycles. The van der Waals surface area contributed by atoms with Crippen LogP contribution in [0.1, 0.15) is 19.4 Å². The normalized spacial score (nSPS) is 18.0. The molecule has 0 spiro atoms. The quantitative estimate of drug-likeness (QED) is 0.434. The van der Waals surface area contributed by atoms with Crippen molar-refractivity contribution < 1.29 is 24.9 Å². The standard InChI is InChI=1S/C15H15NO5S2/c1-7(2)12(14(20)21)16-13(19)11(23-15(16)22)6-8-3-4-9(17)10(18)5-8/h3-7,12,17-18H,1-2H3,(H,20,21)/b11-6+/t12-/m1/s1. The van der Waals surface area contributed by atoms with Gasteiger partial charge >= 0.3 is 5.97 Å². The van der Waals surface area contributed by atoms with E-state index < -0.39 is 17.9 Å². The zero-order valence-corrected chi connectivity index (χ0v) is 14.0. The summed E-state index contributed by atoms with van der Waals surface area (Å²) >= 11 is 6.16. The number of aromatic hydroxyl groups is 2. The van der Waals surface area contributed by atoms with Gasteiger partial charge in [-0.05, 0) is 29.7 Å². The maximum atomic E-state index is 12.5. The smallest absolute Gasteiger partial charge is 0.327 e. The molecule has 1 aromatic carbocycles. The van der Waals surface area contributed by atoms with Gasteiger partial charge in [0, 0.05) is 0 Å². The fraction of sp³-hybridized carbons (Fsp3) is 0.267. The van der Waals surface area contributed by atoms with Gasteiger partial charge in [-0.25, -0.2) is 4.79 Å². The van der Waals surface area contributed by atoms with Gasteiger partial charge in [0.1, 0.15) is 10.4 Å². The Kier molecular flexibility index (Phi) is 4.96. The summed E-state index contributed by atoms with van der Waals surface area (Å²) in [6.45, 7) is 3.41. The Bertz CT molecular complexity index is 714. The molecule has 1 aromatic rings. The van der Waals surface area contributed by atoms with Gasteiger partial charge in [-0.2, -0.15) is 0 Å². The summed E-state index contributed by atoms with van der Waals surface area (Å²) in [5, 5.41) is 28.1. The zero-order valence-electron chi connectivity index (χ0n) is 12.4. The molecule has 3 N–H and O–H groups in total. The molecule has 23 heavy (non-hydrogen) atoms. The van der Waals surface area contributed by atoms with Crippen LogP contribution >= 0.6 is 24.0 Å². The van der Waals surface area contributed by atoms with Gasteiger partial charge in [0.2, 0.25) is 0 Å². The minimum atomic E-state index is -1.11. The van der Waals surface area contributed by atoms with Crippen molar-refractivity contribution in [2.75, 3.05) is 0 Å². The number of phenolic OH excluding ortho intramolecular Hbond substituents is 2. The van der Waals surface area contributed by atoms with Crippen molar-refractivity contribution in [3.8, 4) is 11.5 Å². The summed E-state index contributed by atoms with van der Waals surface area (Å²) in [5.41, 5.74) is 0.497. The van der Waals surface area contributed by atoms with Crippen molar-refractivity contribution in [1.29, 1.82) is 0 Å². The third-order valence-corrected chi connectivity index (χ3v) is 4.61. The number of thioether (sulfide) groups is 1. The number of hydrogen-bond acceptors (Lipinski definition) is 6. The van der Waals surface area contributed by atoms with Crippen LogP contribution in [0.2, 0.25) is 0 Å². The summed E-state index contributed by atoms with van der Waals surface area (Å²) in [7, 11) is 0. The van der Waals surface area contributed by atoms with Gasteiger partial charge < -0.3 is 15.3 Å². The first-order valence-electron chi connectivity index (χ1n) is 6.74. The molecule has 1 amide bonds. The summed E-state index contributed by atoms with van der Waals surface area (Å²) < 4.78 is 0.186. The summed E-state index contributed by atoms with van der Waals surface area (Å²) in [6, 6.07) is 3.11. The molecular formula is C15H15NO5S2. The monoisotopic (exact) mass is 353 g/mol. The number of carbonyl (C=O) groups is 2. The van der Waals surface area contributed by atoms with Crippen LogP contribution in [0.25, 0.3) is 6.08 Å². The maximum Gasteiger partial charge on any atom is 0.327 e. The molecule has 1 heterocycles. The van der Waals surface area contributed by atoms with Crippen molar-refractivity contribution in [3.63, 3.8) is 0 Å². The van der Waals surface area contributed by atoms with Crippen LogP contribution in [0, 0.1) is 5.92 Å². The van der Waals surface area contributed by atoms with Gasteiger partial charge in [-0.15, -0.1) is 0 Å². The van der Waals surface area contributed by atoms with Crippen LogP contribution in [0.3, 0.4) is 0 Å². The van der Waals surface area contributed by atoms with Gasteiger partial charge in [0.25, 0.3) is 5.91 Å². The van der Waals surface area contributed by atoms with Gasteiger partial charge in [0.15, 0.2) is 11.5 Å². The molecule has 0 bridgehead atoms. The zero-order chi connectivity index (χ0) is 17.3. The predicted molar refractivity (Wildman–Crippen MR) is 91.0 cm³/mol. The van der Waals surface area contributed by atoms with Crippen LogP contribution in [0.5, 0.6) is 11.5 Å². The Morgan fingerprint density at radius 1 is 1.30 bits per heavy atom. The molecule has 1 atom stereocenters. The second-order valence-electron chi connectivity index (χ2n) is 5.33. The van der Waals surface area contributed by atoms with E-state index in [0.717, 1.165) is 16.7 Å². The van der Waals surface area contributed by atoms with E-state index in [4.69, 9.17) is 12.2 Å². The maximum absolute atomic E-state index is 12.5. The molecular weight excluding hydrogens is 338 g/mol. The first-order valence-corrected chi connectivity index (χ1v) is 7.96. The number of phenols is 2. The molecule has 1 aliphatic rings. The lowest BCUT2D eigenvalue weighted by Gasteiger charge is -2.26. The molecule has 6 nitrogen and oxygen atoms in total. The van der Waals surface area contributed by atoms with Crippen molar-refractivity contribution in [2.24, 2.45) is 5.92 Å². The summed E-state index contributed by atoms with van der Waals surface area (Å²) in [4.78, 5) is 25.3. The van der Waals surface area contributed by atoms with Gasteiger partial charge in [-0.1, -0.05) is 43.9 Å². The van der Waals surface area contributed by atoms with Crippen LogP contribution in [-0.2, 0) is 9.59 Å². The average Bonchev–Trinajstić information content (AvgIpc) is 2.70. The van der Waals surface area contributed by atoms with Crippen LogP contribution in [0.15, 0.2) is 23.1 Å². The fourth-order valence-corrected chi connectivity index (χ4v) is 3.52. The van der Waals surface area contributed by atoms with E-state index in [0.29, 0.717) is 5.56 Å². The molecule has 8 heteroatoms.